The van der Waals surface area contributed by atoms with E-state index in [0.29, 0.717) is 0 Å². The van der Waals surface area contributed by atoms with Gasteiger partial charge in [0.1, 0.15) is 6.07 Å². The van der Waals surface area contributed by atoms with Crippen molar-refractivity contribution in [3.05, 3.63) is 31.2 Å². The van der Waals surface area contributed by atoms with E-state index in [-0.39, 0.29) is 56.6 Å². The number of thioether (sulfide) groups is 4. The summed E-state index contributed by atoms with van der Waals surface area (Å²) in [6, 6.07) is 1.75. The van der Waals surface area contributed by atoms with Crippen LogP contribution >= 0.6 is 47.0 Å². The van der Waals surface area contributed by atoms with Crippen molar-refractivity contribution >= 4 is 78.7 Å². The Morgan fingerprint density at radius 1 is 0.833 bits per heavy atom. The van der Waals surface area contributed by atoms with Crippen molar-refractivity contribution in [1.82, 2.24) is 0 Å². The summed E-state index contributed by atoms with van der Waals surface area (Å²) in [6.07, 6.45) is 1.89. The van der Waals surface area contributed by atoms with Crippen LogP contribution in [0.3, 0.4) is 0 Å². The van der Waals surface area contributed by atoms with E-state index in [0.717, 1.165) is 59.6 Å². The Bertz CT molecular complexity index is 1400. The van der Waals surface area contributed by atoms with Crippen molar-refractivity contribution in [3.63, 3.8) is 0 Å². The molecule has 36 heavy (non-hydrogen) atoms. The van der Waals surface area contributed by atoms with Gasteiger partial charge in [0.25, 0.3) is 5.70 Å². The normalized spacial score (nSPS) is 14.4. The first-order valence-electron chi connectivity index (χ1n) is 9.75. The highest BCUT2D eigenvalue weighted by Crippen LogP contribution is 2.65. The van der Waals surface area contributed by atoms with Crippen LogP contribution in [0.4, 0.5) is 0 Å². The number of fused-ring (bicyclic) bond motifs is 2. The van der Waals surface area contributed by atoms with Crippen molar-refractivity contribution in [2.24, 2.45) is 0 Å². The van der Waals surface area contributed by atoms with Gasteiger partial charge < -0.3 is 9.47 Å². The van der Waals surface area contributed by atoms with Gasteiger partial charge in [0.2, 0.25) is 0 Å². The molecule has 1 aromatic rings. The zero-order valence-electron chi connectivity index (χ0n) is 19.0. The summed E-state index contributed by atoms with van der Waals surface area (Å²) < 4.78 is 61.8. The van der Waals surface area contributed by atoms with Crippen LogP contribution in [0.5, 0.6) is 0 Å². The number of nitriles is 1. The van der Waals surface area contributed by atoms with E-state index in [9.17, 15) is 31.7 Å². The van der Waals surface area contributed by atoms with Gasteiger partial charge in [-0.15, -0.1) is 0 Å². The molecule has 10 nitrogen and oxygen atoms in total. The predicted octanol–water partition coefficient (Wildman–Crippen LogP) is 3.84. The zero-order chi connectivity index (χ0) is 27.0. The minimum Gasteiger partial charge on any atom is -0.471 e. The first-order valence-corrected chi connectivity index (χ1v) is 16.8. The Hall–Kier alpha value is -2.08. The SMILES string of the molecule is [C-]#[N+]C(C(=O)OCC)=C1Sc2c(c(S(C)(=O)=O)c3c(c2S(C)(=O)=O)SC(=C(C#N)C(=O)OCC)S3)S1. The number of carbonyl (C=O) groups is 2. The fraction of sp³-hybridized carbons (Fsp3) is 0.300. The number of nitrogens with zero attached hydrogens (tertiary/aromatic N) is 2. The molecule has 16 heteroatoms. The van der Waals surface area contributed by atoms with Crippen LogP contribution < -0.4 is 0 Å². The molecule has 0 saturated carbocycles. The van der Waals surface area contributed by atoms with Gasteiger partial charge in [-0.3, -0.25) is 4.79 Å². The highest BCUT2D eigenvalue weighted by molar-refractivity contribution is 8.26. The molecule has 2 aliphatic rings. The van der Waals surface area contributed by atoms with Crippen LogP contribution in [0.2, 0.25) is 0 Å². The average molecular weight is 605 g/mol. The van der Waals surface area contributed by atoms with Gasteiger partial charge in [0.15, 0.2) is 25.2 Å². The Morgan fingerprint density at radius 3 is 1.56 bits per heavy atom. The number of esters is 2. The third kappa shape index (κ3) is 5.29. The second-order valence-corrected chi connectivity index (χ2v) is 15.4. The largest absolute Gasteiger partial charge is 0.471 e. The lowest BCUT2D eigenvalue weighted by Crippen LogP contribution is -2.08. The summed E-state index contributed by atoms with van der Waals surface area (Å²) in [6.45, 7) is 10.5. The standard InChI is InChI=1S/C20H16N2O8S6/c1-6-29-17(23)9(8-21)19-31-11-12(32-19)16(36(5,27)28)14-13(15(11)35(4,25)26)33-20(34-14)10(22-3)18(24)30-7-2/h6-7H2,1-2,4-5H3. The molecule has 0 unspecified atom stereocenters. The Kier molecular flexibility index (Phi) is 8.49. The Morgan fingerprint density at radius 2 is 1.22 bits per heavy atom. The lowest BCUT2D eigenvalue weighted by molar-refractivity contribution is -0.139. The third-order valence-electron chi connectivity index (χ3n) is 4.33. The summed E-state index contributed by atoms with van der Waals surface area (Å²) in [4.78, 5) is 27.6. The summed E-state index contributed by atoms with van der Waals surface area (Å²) in [5.41, 5.74) is -0.766. The van der Waals surface area contributed by atoms with Gasteiger partial charge in [-0.25, -0.2) is 26.5 Å². The van der Waals surface area contributed by atoms with E-state index in [1.54, 1.807) is 19.9 Å². The molecule has 1 aromatic carbocycles. The molecular formula is C20H16N2O8S6. The van der Waals surface area contributed by atoms with Crippen LogP contribution in [0.25, 0.3) is 4.85 Å². The number of sulfone groups is 2. The van der Waals surface area contributed by atoms with Crippen molar-refractivity contribution < 1.29 is 35.9 Å². The third-order valence-corrected chi connectivity index (χ3v) is 12.4. The number of carbonyl (C=O) groups excluding carboxylic acids is 2. The quantitative estimate of drug-likeness (QED) is 0.200. The van der Waals surface area contributed by atoms with Gasteiger partial charge in [-0.05, 0) is 13.8 Å². The molecule has 0 amide bonds. The number of hydrogen-bond donors (Lipinski definition) is 0. The van der Waals surface area contributed by atoms with Gasteiger partial charge in [0, 0.05) is 32.1 Å². The van der Waals surface area contributed by atoms with E-state index in [2.05, 4.69) is 4.85 Å². The first-order chi connectivity index (χ1) is 16.8. The zero-order valence-corrected chi connectivity index (χ0v) is 23.9. The smallest absolute Gasteiger partial charge is 0.350 e. The average Bonchev–Trinajstić information content (AvgIpc) is 3.35. The topological polar surface area (TPSA) is 149 Å². The molecular weight excluding hydrogens is 589 g/mol. The molecule has 0 spiro atoms. The molecule has 0 saturated heterocycles. The van der Waals surface area contributed by atoms with Crippen LogP contribution in [0.1, 0.15) is 13.8 Å². The molecule has 2 aliphatic heterocycles. The van der Waals surface area contributed by atoms with E-state index >= 15 is 0 Å². The van der Waals surface area contributed by atoms with E-state index < -0.39 is 37.3 Å². The molecule has 0 fully saturated rings. The monoisotopic (exact) mass is 604 g/mol. The molecule has 0 bridgehead atoms. The first kappa shape index (κ1) is 28.5. The second kappa shape index (κ2) is 10.7. The van der Waals surface area contributed by atoms with Crippen LogP contribution in [0.15, 0.2) is 49.1 Å². The maximum Gasteiger partial charge on any atom is 0.350 e. The van der Waals surface area contributed by atoms with E-state index in [4.69, 9.17) is 16.0 Å². The van der Waals surface area contributed by atoms with E-state index in [1.165, 1.54) is 0 Å². The van der Waals surface area contributed by atoms with E-state index in [1.807, 2.05) is 0 Å². The lowest BCUT2D eigenvalue weighted by Gasteiger charge is -2.14. The molecule has 0 atom stereocenters. The number of rotatable bonds is 6. The molecule has 0 aromatic heterocycles. The lowest BCUT2D eigenvalue weighted by atomic mass is 10.3. The van der Waals surface area contributed by atoms with Crippen LogP contribution in [0, 0.1) is 17.9 Å². The van der Waals surface area contributed by atoms with Crippen LogP contribution in [-0.4, -0.2) is 54.5 Å². The summed E-state index contributed by atoms with van der Waals surface area (Å²) in [5, 5.41) is 9.55. The highest BCUT2D eigenvalue weighted by Gasteiger charge is 2.42. The van der Waals surface area contributed by atoms with Gasteiger partial charge >= 0.3 is 11.9 Å². The minimum absolute atomic E-state index is 0.00327. The fourth-order valence-electron chi connectivity index (χ4n) is 3.03. The van der Waals surface area contributed by atoms with Crippen molar-refractivity contribution in [2.45, 2.75) is 43.2 Å². The molecule has 0 aliphatic carbocycles. The predicted molar refractivity (Wildman–Crippen MR) is 136 cm³/mol. The summed E-state index contributed by atoms with van der Waals surface area (Å²) >= 11 is 3.16. The number of hydrogen-bond acceptors (Lipinski definition) is 13. The molecule has 0 N–H and O–H groups in total. The Labute approximate surface area is 224 Å². The maximum absolute atomic E-state index is 12.9. The summed E-state index contributed by atoms with van der Waals surface area (Å²) in [7, 11) is -7.98. The number of ether oxygens (including phenoxy) is 2. The van der Waals surface area contributed by atoms with Gasteiger partial charge in [-0.1, -0.05) is 47.0 Å². The molecule has 190 valence electrons. The molecule has 2 heterocycles. The number of benzene rings is 1. The van der Waals surface area contributed by atoms with Gasteiger partial charge in [-0.2, -0.15) is 5.26 Å². The second-order valence-electron chi connectivity index (χ2n) is 6.89. The Balaban J connectivity index is 2.38. The minimum atomic E-state index is -3.99. The highest BCUT2D eigenvalue weighted by atomic mass is 32.2. The van der Waals surface area contributed by atoms with Crippen molar-refractivity contribution in [1.29, 1.82) is 5.26 Å². The molecule has 3 rings (SSSR count). The van der Waals surface area contributed by atoms with Gasteiger partial charge in [0.05, 0.1) is 38.1 Å². The maximum atomic E-state index is 12.9. The molecule has 0 radical (unpaired) electrons. The van der Waals surface area contributed by atoms with Crippen LogP contribution in [-0.2, 0) is 38.7 Å². The van der Waals surface area contributed by atoms with Crippen molar-refractivity contribution in [2.75, 3.05) is 25.7 Å². The summed E-state index contributed by atoms with van der Waals surface area (Å²) in [5.74, 6) is -1.83. The van der Waals surface area contributed by atoms with Crippen molar-refractivity contribution in [3.8, 4) is 6.07 Å². The fourth-order valence-corrected chi connectivity index (χ4v) is 12.5.